The summed E-state index contributed by atoms with van der Waals surface area (Å²) in [6.45, 7) is 11.6. The Hall–Kier alpha value is -3.99. The zero-order chi connectivity index (χ0) is 36.0. The molecule has 3 amide bonds. The van der Waals surface area contributed by atoms with Crippen LogP contribution in [-0.4, -0.2) is 77.2 Å². The monoisotopic (exact) mass is 705 g/mol. The Bertz CT molecular complexity index is 1560. The van der Waals surface area contributed by atoms with Crippen molar-refractivity contribution >= 4 is 41.0 Å². The van der Waals surface area contributed by atoms with Crippen molar-refractivity contribution in [1.82, 2.24) is 10.2 Å². The Labute approximate surface area is 299 Å². The molecule has 5 rings (SSSR count). The average Bonchev–Trinajstić information content (AvgIpc) is 3.75. The Balaban J connectivity index is 1.49. The number of aliphatic hydroxyl groups excluding tert-OH is 1. The molecule has 2 aromatic carbocycles. The molecule has 3 fully saturated rings. The SMILES string of the molecule is C=CCCC(=O)N[C@@H](C)[C@H](OC(=O)[C@@H]1[C@@H]2CC[C@]3(O2)[C@H](C(=O)N(CC=C)c2c(C)cccc2Cl)N(CCCCCO)C(=O)[C@@H]13)c1ccccc1. The lowest BCUT2D eigenvalue weighted by atomic mass is 9.70. The molecule has 0 aliphatic carbocycles. The van der Waals surface area contributed by atoms with Crippen molar-refractivity contribution < 1.29 is 33.8 Å². The molecule has 50 heavy (non-hydrogen) atoms. The van der Waals surface area contributed by atoms with Gasteiger partial charge >= 0.3 is 5.97 Å². The molecule has 0 unspecified atom stereocenters. The van der Waals surface area contributed by atoms with E-state index in [-0.39, 0.29) is 43.8 Å². The van der Waals surface area contributed by atoms with Gasteiger partial charge in [0.1, 0.15) is 17.7 Å². The number of benzene rings is 2. The maximum Gasteiger partial charge on any atom is 0.313 e. The number of allylic oxidation sites excluding steroid dienone is 1. The molecule has 11 heteroatoms. The minimum atomic E-state index is -1.25. The topological polar surface area (TPSA) is 125 Å². The van der Waals surface area contributed by atoms with Gasteiger partial charge in [0, 0.05) is 26.1 Å². The van der Waals surface area contributed by atoms with Crippen LogP contribution in [-0.2, 0) is 28.7 Å². The molecule has 2 aromatic rings. The first-order chi connectivity index (χ1) is 24.1. The third-order valence-corrected chi connectivity index (χ3v) is 10.5. The Morgan fingerprint density at radius 1 is 1.14 bits per heavy atom. The van der Waals surface area contributed by atoms with Crippen LogP contribution in [0.25, 0.3) is 0 Å². The van der Waals surface area contributed by atoms with Crippen molar-refractivity contribution in [2.75, 3.05) is 24.6 Å². The van der Waals surface area contributed by atoms with Gasteiger partial charge in [-0.1, -0.05) is 66.2 Å². The summed E-state index contributed by atoms with van der Waals surface area (Å²) in [7, 11) is 0. The molecule has 2 bridgehead atoms. The van der Waals surface area contributed by atoms with E-state index in [0.29, 0.717) is 54.8 Å². The summed E-state index contributed by atoms with van der Waals surface area (Å²) < 4.78 is 12.9. The zero-order valence-electron chi connectivity index (χ0n) is 28.9. The number of aliphatic hydroxyl groups is 1. The van der Waals surface area contributed by atoms with Gasteiger partial charge in [-0.3, -0.25) is 19.2 Å². The third kappa shape index (κ3) is 7.24. The number of hydrogen-bond acceptors (Lipinski definition) is 7. The van der Waals surface area contributed by atoms with Crippen molar-refractivity contribution in [3.63, 3.8) is 0 Å². The maximum atomic E-state index is 14.9. The van der Waals surface area contributed by atoms with Crippen LogP contribution in [0.4, 0.5) is 5.69 Å². The van der Waals surface area contributed by atoms with E-state index in [2.05, 4.69) is 18.5 Å². The molecule has 0 aromatic heterocycles. The first-order valence-corrected chi connectivity index (χ1v) is 17.9. The number of esters is 1. The highest BCUT2D eigenvalue weighted by Crippen LogP contribution is 2.59. The molecule has 0 saturated carbocycles. The summed E-state index contributed by atoms with van der Waals surface area (Å²) in [5.41, 5.74) is 0.768. The number of aryl methyl sites for hydroxylation is 1. The lowest BCUT2D eigenvalue weighted by molar-refractivity contribution is -0.162. The van der Waals surface area contributed by atoms with Gasteiger partial charge in [0.2, 0.25) is 11.8 Å². The quantitative estimate of drug-likeness (QED) is 0.127. The molecule has 3 aliphatic rings. The standard InChI is InChI=1S/C39H48ClN3O7/c1-5-7-19-30(45)41-26(4)34(27-16-10-8-11-17-27)49-38(48)31-29-20-21-39(50-29)32(31)36(46)43(23-12-9-13-24-44)35(39)37(47)42(22-6-2)33-25(3)15-14-18-28(33)40/h5-6,8,10-11,14-18,26,29,31-32,34-35,44H,1-2,7,9,12-13,19-24H2,3-4H3,(H,41,45)/t26-,29-,31+,32+,34-,35-,39+/m0/s1. The number of carbonyl (C=O) groups is 4. The van der Waals surface area contributed by atoms with Crippen LogP contribution in [0.15, 0.2) is 73.8 Å². The number of rotatable bonds is 17. The lowest BCUT2D eigenvalue weighted by Gasteiger charge is -2.37. The smallest absolute Gasteiger partial charge is 0.313 e. The average molecular weight is 706 g/mol. The molecule has 7 atom stereocenters. The largest absolute Gasteiger partial charge is 0.455 e. The number of halogens is 1. The highest BCUT2D eigenvalue weighted by atomic mass is 35.5. The number of likely N-dealkylation sites (tertiary alicyclic amines) is 1. The number of para-hydroxylation sites is 1. The van der Waals surface area contributed by atoms with Crippen molar-refractivity contribution in [3.05, 3.63) is 90.0 Å². The molecule has 3 heterocycles. The van der Waals surface area contributed by atoms with Crippen LogP contribution < -0.4 is 10.2 Å². The number of amides is 3. The number of nitrogens with one attached hydrogen (secondary N) is 1. The van der Waals surface area contributed by atoms with E-state index in [9.17, 15) is 24.3 Å². The number of unbranched alkanes of at least 4 members (excludes halogenated alkanes) is 2. The van der Waals surface area contributed by atoms with Gasteiger partial charge in [-0.2, -0.15) is 0 Å². The van der Waals surface area contributed by atoms with Crippen LogP contribution in [0.3, 0.4) is 0 Å². The van der Waals surface area contributed by atoms with Crippen molar-refractivity contribution in [1.29, 1.82) is 0 Å². The molecule has 1 spiro atoms. The molecular weight excluding hydrogens is 658 g/mol. The van der Waals surface area contributed by atoms with E-state index in [4.69, 9.17) is 21.1 Å². The predicted octanol–water partition coefficient (Wildman–Crippen LogP) is 5.46. The van der Waals surface area contributed by atoms with Crippen molar-refractivity contribution in [3.8, 4) is 0 Å². The number of hydrogen-bond donors (Lipinski definition) is 2. The van der Waals surface area contributed by atoms with Crippen LogP contribution in [0.2, 0.25) is 5.02 Å². The summed E-state index contributed by atoms with van der Waals surface area (Å²) >= 11 is 6.67. The summed E-state index contributed by atoms with van der Waals surface area (Å²) in [5.74, 6) is -3.36. The second-order valence-electron chi connectivity index (χ2n) is 13.5. The summed E-state index contributed by atoms with van der Waals surface area (Å²) in [6.07, 6.45) is 5.27. The van der Waals surface area contributed by atoms with E-state index in [1.54, 1.807) is 34.9 Å². The van der Waals surface area contributed by atoms with E-state index in [1.165, 1.54) is 0 Å². The normalized spacial score (nSPS) is 24.7. The van der Waals surface area contributed by atoms with Crippen molar-refractivity contribution in [2.24, 2.45) is 11.8 Å². The Kier molecular flexibility index (Phi) is 12.2. The molecule has 3 saturated heterocycles. The summed E-state index contributed by atoms with van der Waals surface area (Å²) in [4.78, 5) is 59.6. The molecule has 2 N–H and O–H groups in total. The fourth-order valence-corrected chi connectivity index (χ4v) is 8.31. The number of carbonyl (C=O) groups excluding carboxylic acids is 4. The van der Waals surface area contributed by atoms with Crippen molar-refractivity contribution in [2.45, 2.75) is 88.7 Å². The molecule has 268 valence electrons. The first kappa shape index (κ1) is 37.3. The minimum Gasteiger partial charge on any atom is -0.455 e. The fraction of sp³-hybridized carbons (Fsp3) is 0.487. The number of nitrogens with zero attached hydrogens (tertiary/aromatic N) is 2. The number of fused-ring (bicyclic) bond motifs is 1. The van der Waals surface area contributed by atoms with Gasteiger partial charge < -0.3 is 29.7 Å². The highest BCUT2D eigenvalue weighted by Gasteiger charge is 2.75. The Morgan fingerprint density at radius 3 is 2.58 bits per heavy atom. The first-order valence-electron chi connectivity index (χ1n) is 17.5. The summed E-state index contributed by atoms with van der Waals surface area (Å²) in [5, 5.41) is 12.7. The second-order valence-corrected chi connectivity index (χ2v) is 13.9. The van der Waals surface area contributed by atoms with E-state index in [0.717, 1.165) is 5.56 Å². The highest BCUT2D eigenvalue weighted by molar-refractivity contribution is 6.34. The molecular formula is C39H48ClN3O7. The minimum absolute atomic E-state index is 0.0240. The van der Waals surface area contributed by atoms with Gasteiger partial charge in [-0.25, -0.2) is 0 Å². The van der Waals surface area contributed by atoms with Crippen LogP contribution >= 0.6 is 11.6 Å². The fourth-order valence-electron chi connectivity index (χ4n) is 7.98. The van der Waals surface area contributed by atoms with Gasteiger partial charge in [-0.05, 0) is 69.6 Å². The van der Waals surface area contributed by atoms with Crippen LogP contribution in [0.1, 0.15) is 69.1 Å². The van der Waals surface area contributed by atoms with E-state index in [1.807, 2.05) is 49.4 Å². The van der Waals surface area contributed by atoms with E-state index >= 15 is 0 Å². The predicted molar refractivity (Wildman–Crippen MR) is 191 cm³/mol. The lowest BCUT2D eigenvalue weighted by Crippen LogP contribution is -2.56. The Morgan fingerprint density at radius 2 is 1.90 bits per heavy atom. The van der Waals surface area contributed by atoms with Crippen LogP contribution in [0, 0.1) is 18.8 Å². The maximum absolute atomic E-state index is 14.9. The molecule has 10 nitrogen and oxygen atoms in total. The van der Waals surface area contributed by atoms with Gasteiger partial charge in [0.25, 0.3) is 5.91 Å². The van der Waals surface area contributed by atoms with Gasteiger partial charge in [0.15, 0.2) is 0 Å². The van der Waals surface area contributed by atoms with E-state index < -0.39 is 47.7 Å². The van der Waals surface area contributed by atoms with Gasteiger partial charge in [0.05, 0.1) is 34.7 Å². The summed E-state index contributed by atoms with van der Waals surface area (Å²) in [6, 6.07) is 13.0. The molecule has 3 aliphatic heterocycles. The second kappa shape index (κ2) is 16.4. The third-order valence-electron chi connectivity index (χ3n) is 10.2. The zero-order valence-corrected chi connectivity index (χ0v) is 29.6. The number of anilines is 1. The molecule has 0 radical (unpaired) electrons. The number of ether oxygens (including phenoxy) is 2. The van der Waals surface area contributed by atoms with Gasteiger partial charge in [-0.15, -0.1) is 13.2 Å². The van der Waals surface area contributed by atoms with Crippen LogP contribution in [0.5, 0.6) is 0 Å².